The van der Waals surface area contributed by atoms with Gasteiger partial charge in [-0.05, 0) is 25.3 Å². The molecule has 0 aliphatic heterocycles. The number of hydrogen-bond acceptors (Lipinski definition) is 2. The lowest BCUT2D eigenvalue weighted by Gasteiger charge is -2.14. The van der Waals surface area contributed by atoms with Crippen molar-refractivity contribution in [2.24, 2.45) is 0 Å². The minimum Gasteiger partial charge on any atom is -0.392 e. The Morgan fingerprint density at radius 2 is 2.10 bits per heavy atom. The van der Waals surface area contributed by atoms with E-state index < -0.39 is 0 Å². The fourth-order valence-corrected chi connectivity index (χ4v) is 2.81. The summed E-state index contributed by atoms with van der Waals surface area (Å²) in [6.45, 7) is 14.3. The van der Waals surface area contributed by atoms with Crippen LogP contribution >= 0.6 is 0 Å². The predicted molar refractivity (Wildman–Crippen MR) is 89.5 cm³/mol. The van der Waals surface area contributed by atoms with Crippen LogP contribution in [0, 0.1) is 6.92 Å². The Labute approximate surface area is 125 Å². The molecule has 1 aromatic carbocycles. The number of rotatable bonds is 6. The first kappa shape index (κ1) is 15.1. The lowest BCUT2D eigenvalue weighted by atomic mass is 10.1. The van der Waals surface area contributed by atoms with Gasteiger partial charge in [-0.15, -0.1) is 0 Å². The highest BCUT2D eigenvalue weighted by atomic mass is 16.1. The minimum atomic E-state index is -0.262. The Morgan fingerprint density at radius 3 is 2.67 bits per heavy atom. The standard InChI is InChI=1S/C18H22N2O/c1-12-7-6-8-17-14(3)20(15(4)18(12)17)16(11-21)10-9-13(2)19-5/h6-8,11,16,19H,2-4,9-10H2,1,5H3. The molecule has 1 aromatic heterocycles. The molecule has 1 N–H and O–H groups in total. The average molecular weight is 282 g/mol. The summed E-state index contributed by atoms with van der Waals surface area (Å²) in [5.41, 5.74) is 2.08. The first-order chi connectivity index (χ1) is 10.0. The van der Waals surface area contributed by atoms with Crippen molar-refractivity contribution < 1.29 is 4.79 Å². The van der Waals surface area contributed by atoms with Gasteiger partial charge in [-0.25, -0.2) is 0 Å². The van der Waals surface area contributed by atoms with Crippen molar-refractivity contribution in [3.05, 3.63) is 46.7 Å². The Hall–Kier alpha value is -2.29. The molecular weight excluding hydrogens is 260 g/mol. The van der Waals surface area contributed by atoms with Crippen LogP contribution in [0.2, 0.25) is 0 Å². The fraction of sp³-hybridized carbons (Fsp3) is 0.278. The Kier molecular flexibility index (Phi) is 4.32. The van der Waals surface area contributed by atoms with Crippen LogP contribution in [0.25, 0.3) is 23.9 Å². The summed E-state index contributed by atoms with van der Waals surface area (Å²) >= 11 is 0. The number of aldehydes is 1. The normalized spacial score (nSPS) is 12.3. The number of hydrogen-bond donors (Lipinski definition) is 1. The van der Waals surface area contributed by atoms with Gasteiger partial charge in [-0.3, -0.25) is 0 Å². The van der Waals surface area contributed by atoms with Gasteiger partial charge in [-0.2, -0.15) is 0 Å². The van der Waals surface area contributed by atoms with Gasteiger partial charge in [0.05, 0.1) is 6.04 Å². The summed E-state index contributed by atoms with van der Waals surface area (Å²) in [7, 11) is 1.84. The van der Waals surface area contributed by atoms with E-state index in [-0.39, 0.29) is 6.04 Å². The number of fused-ring (bicyclic) bond motifs is 1. The van der Waals surface area contributed by atoms with Crippen molar-refractivity contribution in [1.82, 2.24) is 9.88 Å². The van der Waals surface area contributed by atoms with E-state index in [1.807, 2.05) is 23.7 Å². The van der Waals surface area contributed by atoms with E-state index in [9.17, 15) is 4.79 Å². The average Bonchev–Trinajstić information content (AvgIpc) is 2.73. The van der Waals surface area contributed by atoms with Crippen LogP contribution in [-0.2, 0) is 4.79 Å². The number of aromatic nitrogens is 1. The summed E-state index contributed by atoms with van der Waals surface area (Å²) in [4.78, 5) is 11.5. The van der Waals surface area contributed by atoms with Crippen LogP contribution in [0.15, 0.2) is 30.5 Å². The molecule has 0 aliphatic carbocycles. The summed E-state index contributed by atoms with van der Waals surface area (Å²) in [5, 5.41) is 6.89. The summed E-state index contributed by atoms with van der Waals surface area (Å²) in [5.74, 6) is 0. The number of carbonyl (C=O) groups excluding carboxylic acids is 1. The van der Waals surface area contributed by atoms with E-state index in [2.05, 4.69) is 38.0 Å². The molecule has 3 heteroatoms. The van der Waals surface area contributed by atoms with E-state index in [1.165, 1.54) is 0 Å². The Bertz CT molecular complexity index is 786. The van der Waals surface area contributed by atoms with Crippen LogP contribution in [0.4, 0.5) is 0 Å². The third-order valence-corrected chi connectivity index (χ3v) is 4.04. The molecule has 0 saturated carbocycles. The van der Waals surface area contributed by atoms with E-state index in [1.54, 1.807) is 0 Å². The van der Waals surface area contributed by atoms with Crippen molar-refractivity contribution in [2.45, 2.75) is 25.8 Å². The van der Waals surface area contributed by atoms with Crippen LogP contribution < -0.4 is 16.0 Å². The zero-order valence-electron chi connectivity index (χ0n) is 12.8. The molecule has 2 rings (SSSR count). The fourth-order valence-electron chi connectivity index (χ4n) is 2.81. The molecule has 3 nitrogen and oxygen atoms in total. The van der Waals surface area contributed by atoms with Crippen LogP contribution in [0.3, 0.4) is 0 Å². The van der Waals surface area contributed by atoms with E-state index in [0.29, 0.717) is 6.42 Å². The number of benzene rings is 1. The molecule has 110 valence electrons. The van der Waals surface area contributed by atoms with Crippen LogP contribution in [0.1, 0.15) is 24.4 Å². The SMILES string of the molecule is C=C(CCC(C=O)n1c(=C)c2cccc(C)c2c1=C)NC. The summed E-state index contributed by atoms with van der Waals surface area (Å²) in [6, 6.07) is 5.83. The lowest BCUT2D eigenvalue weighted by molar-refractivity contribution is -0.110. The van der Waals surface area contributed by atoms with Crippen molar-refractivity contribution in [3.63, 3.8) is 0 Å². The maximum Gasteiger partial charge on any atom is 0.142 e. The van der Waals surface area contributed by atoms with Gasteiger partial charge in [0.15, 0.2) is 0 Å². The van der Waals surface area contributed by atoms with Crippen LogP contribution in [-0.4, -0.2) is 17.9 Å². The summed E-state index contributed by atoms with van der Waals surface area (Å²) in [6.07, 6.45) is 2.40. The quantitative estimate of drug-likeness (QED) is 0.823. The zero-order chi connectivity index (χ0) is 15.6. The van der Waals surface area contributed by atoms with Gasteiger partial charge in [0.2, 0.25) is 0 Å². The smallest absolute Gasteiger partial charge is 0.142 e. The maximum absolute atomic E-state index is 11.5. The molecule has 0 spiro atoms. The van der Waals surface area contributed by atoms with Gasteiger partial charge in [0.1, 0.15) is 6.29 Å². The van der Waals surface area contributed by atoms with Crippen molar-refractivity contribution >= 4 is 30.2 Å². The summed E-state index contributed by atoms with van der Waals surface area (Å²) < 4.78 is 1.95. The minimum absolute atomic E-state index is 0.262. The topological polar surface area (TPSA) is 34.0 Å². The van der Waals surface area contributed by atoms with Gasteiger partial charge in [-0.1, -0.05) is 37.9 Å². The third kappa shape index (κ3) is 2.64. The number of allylic oxidation sites excluding steroid dienone is 1. The van der Waals surface area contributed by atoms with E-state index in [0.717, 1.165) is 45.4 Å². The molecule has 0 fully saturated rings. The van der Waals surface area contributed by atoms with E-state index >= 15 is 0 Å². The number of nitrogens with zero attached hydrogens (tertiary/aromatic N) is 1. The first-order valence-electron chi connectivity index (χ1n) is 7.09. The van der Waals surface area contributed by atoms with Gasteiger partial charge in [0, 0.05) is 34.2 Å². The molecular formula is C18H22N2O. The van der Waals surface area contributed by atoms with Crippen molar-refractivity contribution in [1.29, 1.82) is 0 Å². The number of aryl methyl sites for hydroxylation is 1. The molecule has 1 atom stereocenters. The van der Waals surface area contributed by atoms with Gasteiger partial charge >= 0.3 is 0 Å². The molecule has 1 heterocycles. The van der Waals surface area contributed by atoms with Crippen molar-refractivity contribution in [2.75, 3.05) is 7.05 Å². The van der Waals surface area contributed by atoms with Crippen LogP contribution in [0.5, 0.6) is 0 Å². The maximum atomic E-state index is 11.5. The molecule has 0 bridgehead atoms. The largest absolute Gasteiger partial charge is 0.392 e. The first-order valence-corrected chi connectivity index (χ1v) is 7.09. The third-order valence-electron chi connectivity index (χ3n) is 4.04. The van der Waals surface area contributed by atoms with Crippen molar-refractivity contribution in [3.8, 4) is 0 Å². The highest BCUT2D eigenvalue weighted by molar-refractivity contribution is 5.87. The predicted octanol–water partition coefficient (Wildman–Crippen LogP) is 2.02. The lowest BCUT2D eigenvalue weighted by Crippen LogP contribution is -2.31. The van der Waals surface area contributed by atoms with E-state index in [4.69, 9.17) is 0 Å². The molecule has 0 saturated heterocycles. The molecule has 0 aliphatic rings. The molecule has 1 unspecified atom stereocenters. The monoisotopic (exact) mass is 282 g/mol. The molecule has 2 aromatic rings. The molecule has 0 radical (unpaired) electrons. The Balaban J connectivity index is 2.52. The number of carbonyl (C=O) groups is 1. The second-order valence-electron chi connectivity index (χ2n) is 5.36. The second-order valence-corrected chi connectivity index (χ2v) is 5.36. The highest BCUT2D eigenvalue weighted by Gasteiger charge is 2.15. The molecule has 0 amide bonds. The van der Waals surface area contributed by atoms with Gasteiger partial charge < -0.3 is 14.7 Å². The zero-order valence-corrected chi connectivity index (χ0v) is 12.8. The van der Waals surface area contributed by atoms with Gasteiger partial charge in [0.25, 0.3) is 0 Å². The Morgan fingerprint density at radius 1 is 1.38 bits per heavy atom. The highest BCUT2D eigenvalue weighted by Crippen LogP contribution is 2.16. The number of nitrogens with one attached hydrogen (secondary N) is 1. The second kappa shape index (κ2) is 6.00. The molecule has 21 heavy (non-hydrogen) atoms.